The Labute approximate surface area is 119 Å². The molecule has 0 aromatic heterocycles. The Morgan fingerprint density at radius 3 is 1.90 bits per heavy atom. The van der Waals surface area contributed by atoms with Crippen LogP contribution in [0.25, 0.3) is 0 Å². The predicted molar refractivity (Wildman–Crippen MR) is 68.9 cm³/mol. The third kappa shape index (κ3) is 2.47. The van der Waals surface area contributed by atoms with E-state index in [0.29, 0.717) is 0 Å². The highest BCUT2D eigenvalue weighted by molar-refractivity contribution is 5.59. The number of hydrogen-bond acceptors (Lipinski definition) is 4. The van der Waals surface area contributed by atoms with Crippen molar-refractivity contribution in [2.75, 3.05) is 7.11 Å². The number of para-hydroxylation sites is 1. The summed E-state index contributed by atoms with van der Waals surface area (Å²) in [6.45, 7) is 0. The highest BCUT2D eigenvalue weighted by Gasteiger charge is 2.27. The van der Waals surface area contributed by atoms with Crippen LogP contribution in [0.2, 0.25) is 0 Å². The molecule has 0 atom stereocenters. The lowest BCUT2D eigenvalue weighted by Crippen LogP contribution is -2.03. The second-order valence-corrected chi connectivity index (χ2v) is 3.88. The Hall–Kier alpha value is -3.12. The third-order valence-corrected chi connectivity index (χ3v) is 2.68. The zero-order valence-corrected chi connectivity index (χ0v) is 10.9. The molecule has 0 bridgehead atoms. The van der Waals surface area contributed by atoms with Crippen LogP contribution in [0.4, 0.5) is 8.78 Å². The molecule has 0 aliphatic carbocycles. The number of nitriles is 2. The molecule has 0 N–H and O–H groups in total. The maximum absolute atomic E-state index is 14.3. The molecule has 21 heavy (non-hydrogen) atoms. The minimum absolute atomic E-state index is 0.239. The van der Waals surface area contributed by atoms with E-state index in [9.17, 15) is 8.78 Å². The first-order chi connectivity index (χ1) is 10.1. The number of hydrogen-bond donors (Lipinski definition) is 0. The number of benzene rings is 2. The Morgan fingerprint density at radius 2 is 1.43 bits per heavy atom. The summed E-state index contributed by atoms with van der Waals surface area (Å²) in [6.07, 6.45) is 0. The van der Waals surface area contributed by atoms with Gasteiger partial charge in [0.1, 0.15) is 29.0 Å². The van der Waals surface area contributed by atoms with Crippen LogP contribution in [0.15, 0.2) is 30.3 Å². The molecule has 0 saturated heterocycles. The first-order valence-corrected chi connectivity index (χ1v) is 5.76. The molecular weight excluding hydrogens is 278 g/mol. The topological polar surface area (TPSA) is 66.0 Å². The Morgan fingerprint density at radius 1 is 0.905 bits per heavy atom. The summed E-state index contributed by atoms with van der Waals surface area (Å²) in [5.74, 6) is -3.17. The van der Waals surface area contributed by atoms with Crippen molar-refractivity contribution in [1.82, 2.24) is 0 Å². The van der Waals surface area contributed by atoms with Gasteiger partial charge in [-0.25, -0.2) is 8.78 Å². The van der Waals surface area contributed by atoms with E-state index in [4.69, 9.17) is 20.0 Å². The Bertz CT molecular complexity index is 758. The number of rotatable bonds is 3. The second-order valence-electron chi connectivity index (χ2n) is 3.88. The van der Waals surface area contributed by atoms with Gasteiger partial charge in [0, 0.05) is 0 Å². The molecule has 0 saturated carbocycles. The van der Waals surface area contributed by atoms with Gasteiger partial charge in [-0.1, -0.05) is 18.2 Å². The molecule has 4 nitrogen and oxygen atoms in total. The van der Waals surface area contributed by atoms with Crippen LogP contribution < -0.4 is 9.47 Å². The van der Waals surface area contributed by atoms with Gasteiger partial charge in [0.05, 0.1) is 7.11 Å². The molecule has 0 spiro atoms. The van der Waals surface area contributed by atoms with Crippen molar-refractivity contribution >= 4 is 0 Å². The third-order valence-electron chi connectivity index (χ3n) is 2.68. The molecule has 2 aromatic rings. The van der Waals surface area contributed by atoms with Gasteiger partial charge in [-0.15, -0.1) is 0 Å². The average Bonchev–Trinajstić information content (AvgIpc) is 2.51. The van der Waals surface area contributed by atoms with Crippen LogP contribution in [0, 0.1) is 34.3 Å². The fourth-order valence-electron chi connectivity index (χ4n) is 1.74. The number of ether oxygens (including phenoxy) is 2. The van der Waals surface area contributed by atoms with E-state index in [2.05, 4.69) is 0 Å². The molecule has 2 aromatic carbocycles. The summed E-state index contributed by atoms with van der Waals surface area (Å²) in [5.41, 5.74) is -1.44. The first kappa shape index (κ1) is 14.3. The molecule has 0 fully saturated rings. The van der Waals surface area contributed by atoms with Crippen molar-refractivity contribution in [3.8, 4) is 29.4 Å². The number of methoxy groups -OCH3 is 1. The zero-order valence-electron chi connectivity index (χ0n) is 10.9. The van der Waals surface area contributed by atoms with Crippen LogP contribution in [0.1, 0.15) is 11.1 Å². The first-order valence-electron chi connectivity index (χ1n) is 5.76. The fraction of sp³-hybridized carbons (Fsp3) is 0.0667. The quantitative estimate of drug-likeness (QED) is 0.866. The number of nitrogens with zero attached hydrogens (tertiary/aromatic N) is 2. The van der Waals surface area contributed by atoms with Gasteiger partial charge >= 0.3 is 0 Å². The Kier molecular flexibility index (Phi) is 4.01. The minimum Gasteiger partial charge on any atom is -0.490 e. The summed E-state index contributed by atoms with van der Waals surface area (Å²) in [6, 6.07) is 11.0. The molecule has 0 heterocycles. The van der Waals surface area contributed by atoms with Gasteiger partial charge in [0.25, 0.3) is 0 Å². The molecule has 0 aliphatic rings. The lowest BCUT2D eigenvalue weighted by atomic mass is 10.1. The largest absolute Gasteiger partial charge is 0.490 e. The van der Waals surface area contributed by atoms with Crippen LogP contribution in [0.3, 0.4) is 0 Å². The standard InChI is InChI=1S/C15H8F2N2O2/c1-20-14-12(16)10(7-18)11(8-19)13(17)15(14)21-9-5-3-2-4-6-9/h2-6H,1H3. The fourth-order valence-corrected chi connectivity index (χ4v) is 1.74. The van der Waals surface area contributed by atoms with Gasteiger partial charge in [0.2, 0.25) is 11.5 Å². The van der Waals surface area contributed by atoms with Crippen LogP contribution in [-0.2, 0) is 0 Å². The van der Waals surface area contributed by atoms with Gasteiger partial charge in [0.15, 0.2) is 11.6 Å². The van der Waals surface area contributed by atoms with E-state index >= 15 is 0 Å². The van der Waals surface area contributed by atoms with Crippen molar-refractivity contribution in [2.24, 2.45) is 0 Å². The monoisotopic (exact) mass is 286 g/mol. The van der Waals surface area contributed by atoms with Gasteiger partial charge in [-0.05, 0) is 12.1 Å². The highest BCUT2D eigenvalue weighted by atomic mass is 19.1. The minimum atomic E-state index is -1.14. The maximum Gasteiger partial charge on any atom is 0.209 e. The average molecular weight is 286 g/mol. The van der Waals surface area contributed by atoms with E-state index < -0.39 is 34.3 Å². The lowest BCUT2D eigenvalue weighted by Gasteiger charge is -2.14. The van der Waals surface area contributed by atoms with Crippen molar-refractivity contribution in [3.63, 3.8) is 0 Å². The van der Waals surface area contributed by atoms with E-state index in [1.165, 1.54) is 24.3 Å². The van der Waals surface area contributed by atoms with E-state index in [0.717, 1.165) is 7.11 Å². The zero-order chi connectivity index (χ0) is 15.4. The second kappa shape index (κ2) is 5.89. The number of halogens is 2. The smallest absolute Gasteiger partial charge is 0.209 e. The Balaban J connectivity index is 2.69. The normalized spacial score (nSPS) is 9.57. The summed E-state index contributed by atoms with van der Waals surface area (Å²) in [4.78, 5) is 0. The molecule has 0 unspecified atom stereocenters. The predicted octanol–water partition coefficient (Wildman–Crippen LogP) is 3.51. The van der Waals surface area contributed by atoms with E-state index in [1.54, 1.807) is 18.2 Å². The molecular formula is C15H8F2N2O2. The lowest BCUT2D eigenvalue weighted by molar-refractivity contribution is 0.342. The highest BCUT2D eigenvalue weighted by Crippen LogP contribution is 2.40. The van der Waals surface area contributed by atoms with Gasteiger partial charge in [-0.2, -0.15) is 10.5 Å². The maximum atomic E-state index is 14.3. The van der Waals surface area contributed by atoms with Crippen molar-refractivity contribution < 1.29 is 18.3 Å². The molecule has 0 radical (unpaired) electrons. The molecule has 2 rings (SSSR count). The summed E-state index contributed by atoms with van der Waals surface area (Å²) >= 11 is 0. The van der Waals surface area contributed by atoms with Gasteiger partial charge in [-0.3, -0.25) is 0 Å². The van der Waals surface area contributed by atoms with Crippen molar-refractivity contribution in [1.29, 1.82) is 10.5 Å². The summed E-state index contributed by atoms with van der Waals surface area (Å²) in [7, 11) is 1.11. The molecule has 6 heteroatoms. The van der Waals surface area contributed by atoms with Crippen LogP contribution >= 0.6 is 0 Å². The molecule has 0 amide bonds. The van der Waals surface area contributed by atoms with Crippen LogP contribution in [-0.4, -0.2) is 7.11 Å². The van der Waals surface area contributed by atoms with E-state index in [1.807, 2.05) is 0 Å². The molecule has 104 valence electrons. The van der Waals surface area contributed by atoms with E-state index in [-0.39, 0.29) is 5.75 Å². The van der Waals surface area contributed by atoms with Crippen molar-refractivity contribution in [3.05, 3.63) is 53.1 Å². The van der Waals surface area contributed by atoms with Crippen LogP contribution in [0.5, 0.6) is 17.2 Å². The summed E-state index contributed by atoms with van der Waals surface area (Å²) in [5, 5.41) is 17.8. The SMILES string of the molecule is COc1c(F)c(C#N)c(C#N)c(F)c1Oc1ccccc1. The van der Waals surface area contributed by atoms with Gasteiger partial charge < -0.3 is 9.47 Å². The summed E-state index contributed by atoms with van der Waals surface area (Å²) < 4.78 is 38.4. The van der Waals surface area contributed by atoms with Crippen molar-refractivity contribution in [2.45, 2.75) is 0 Å². The molecule has 0 aliphatic heterocycles.